The summed E-state index contributed by atoms with van der Waals surface area (Å²) in [6, 6.07) is 9.96. The van der Waals surface area contributed by atoms with Gasteiger partial charge >= 0.3 is 12.2 Å². The van der Waals surface area contributed by atoms with Crippen LogP contribution >= 0.6 is 24.8 Å². The number of unbranched alkanes of at least 4 members (excludes halogenated alkanes) is 2. The molecule has 0 atom stereocenters. The van der Waals surface area contributed by atoms with Crippen molar-refractivity contribution in [3.05, 3.63) is 30.3 Å². The van der Waals surface area contributed by atoms with E-state index in [9.17, 15) is 9.59 Å². The molecule has 3 N–H and O–H groups in total. The predicted octanol–water partition coefficient (Wildman–Crippen LogP) is 4.30. The molecule has 0 aromatic heterocycles. The molecule has 0 aliphatic carbocycles. The molecular formula is C22H40Cl2N4O4. The highest BCUT2D eigenvalue weighted by Gasteiger charge is 2.09. The first kappa shape index (κ1) is 32.3. The number of anilines is 1. The van der Waals surface area contributed by atoms with Crippen molar-refractivity contribution in [2.24, 2.45) is 0 Å². The second-order valence-electron chi connectivity index (χ2n) is 6.97. The van der Waals surface area contributed by atoms with Crippen LogP contribution in [0.1, 0.15) is 39.5 Å². The van der Waals surface area contributed by atoms with Gasteiger partial charge in [0.05, 0.1) is 0 Å². The number of alkyl carbamates (subject to hydrolysis) is 2. The van der Waals surface area contributed by atoms with Gasteiger partial charge in [-0.25, -0.2) is 9.59 Å². The summed E-state index contributed by atoms with van der Waals surface area (Å²) in [6.45, 7) is 8.56. The Kier molecular flexibility index (Phi) is 22.5. The summed E-state index contributed by atoms with van der Waals surface area (Å²) in [5.74, 6) is 0. The normalized spacial score (nSPS) is 9.84. The van der Waals surface area contributed by atoms with Crippen LogP contribution in [0, 0.1) is 0 Å². The fraction of sp³-hybridized carbons (Fsp3) is 0.636. The van der Waals surface area contributed by atoms with Crippen molar-refractivity contribution in [2.75, 3.05) is 57.8 Å². The van der Waals surface area contributed by atoms with Gasteiger partial charge in [-0.05, 0) is 25.0 Å². The van der Waals surface area contributed by atoms with Crippen LogP contribution in [0.15, 0.2) is 30.3 Å². The van der Waals surface area contributed by atoms with Crippen LogP contribution in [0.25, 0.3) is 0 Å². The zero-order chi connectivity index (χ0) is 21.9. The number of para-hydroxylation sites is 1. The van der Waals surface area contributed by atoms with E-state index in [0.717, 1.165) is 44.5 Å². The molecule has 0 saturated heterocycles. The van der Waals surface area contributed by atoms with Gasteiger partial charge in [-0.1, -0.05) is 44.9 Å². The molecule has 10 heteroatoms. The summed E-state index contributed by atoms with van der Waals surface area (Å²) < 4.78 is 10.5. The first-order valence-corrected chi connectivity index (χ1v) is 11.0. The molecule has 0 heterocycles. The molecule has 32 heavy (non-hydrogen) atoms. The van der Waals surface area contributed by atoms with Crippen LogP contribution < -0.4 is 16.0 Å². The minimum Gasteiger partial charge on any atom is -0.448 e. The molecule has 0 unspecified atom stereocenters. The van der Waals surface area contributed by atoms with Crippen molar-refractivity contribution in [1.29, 1.82) is 0 Å². The van der Waals surface area contributed by atoms with Gasteiger partial charge in [-0.3, -0.25) is 4.90 Å². The molecule has 0 bridgehead atoms. The lowest BCUT2D eigenvalue weighted by atomic mass is 10.3. The van der Waals surface area contributed by atoms with Crippen LogP contribution in [0.4, 0.5) is 15.3 Å². The topological polar surface area (TPSA) is 91.9 Å². The maximum absolute atomic E-state index is 11.7. The van der Waals surface area contributed by atoms with Crippen LogP contribution in [-0.4, -0.2) is 69.6 Å². The van der Waals surface area contributed by atoms with Crippen molar-refractivity contribution in [3.8, 4) is 0 Å². The van der Waals surface area contributed by atoms with Gasteiger partial charge < -0.3 is 25.4 Å². The van der Waals surface area contributed by atoms with Crippen molar-refractivity contribution in [1.82, 2.24) is 15.5 Å². The second kappa shape index (κ2) is 22.3. The number of amides is 2. The number of rotatable bonds is 16. The van der Waals surface area contributed by atoms with E-state index in [4.69, 9.17) is 9.47 Å². The molecule has 0 aliphatic rings. The highest BCUT2D eigenvalue weighted by Crippen LogP contribution is 2.04. The summed E-state index contributed by atoms with van der Waals surface area (Å²) in [7, 11) is 0. The van der Waals surface area contributed by atoms with Gasteiger partial charge in [-0.2, -0.15) is 0 Å². The quantitative estimate of drug-likeness (QED) is 0.296. The lowest BCUT2D eigenvalue weighted by Crippen LogP contribution is -2.37. The molecule has 0 spiro atoms. The van der Waals surface area contributed by atoms with Crippen LogP contribution in [0.3, 0.4) is 0 Å². The van der Waals surface area contributed by atoms with E-state index < -0.39 is 12.2 Å². The number of hydrogen-bond acceptors (Lipinski definition) is 6. The van der Waals surface area contributed by atoms with Crippen molar-refractivity contribution in [2.45, 2.75) is 39.5 Å². The van der Waals surface area contributed by atoms with E-state index in [1.165, 1.54) is 0 Å². The zero-order valence-electron chi connectivity index (χ0n) is 19.3. The van der Waals surface area contributed by atoms with E-state index in [1.54, 1.807) is 0 Å². The van der Waals surface area contributed by atoms with Gasteiger partial charge in [0.15, 0.2) is 0 Å². The average molecular weight is 495 g/mol. The van der Waals surface area contributed by atoms with Crippen LogP contribution in [-0.2, 0) is 9.47 Å². The Morgan fingerprint density at radius 3 is 1.75 bits per heavy atom. The number of benzene rings is 1. The minimum absolute atomic E-state index is 0. The number of hydrogen-bond donors (Lipinski definition) is 3. The summed E-state index contributed by atoms with van der Waals surface area (Å²) in [6.07, 6.45) is 3.13. The Morgan fingerprint density at radius 2 is 1.28 bits per heavy atom. The smallest absolute Gasteiger partial charge is 0.407 e. The number of nitrogens with one attached hydrogen (secondary N) is 3. The largest absolute Gasteiger partial charge is 0.448 e. The highest BCUT2D eigenvalue weighted by molar-refractivity contribution is 5.85. The van der Waals surface area contributed by atoms with Gasteiger partial charge in [-0.15, -0.1) is 24.8 Å². The fourth-order valence-electron chi connectivity index (χ4n) is 2.62. The number of carbonyl (C=O) groups excluding carboxylic acids is 2. The summed E-state index contributed by atoms with van der Waals surface area (Å²) >= 11 is 0. The molecule has 0 saturated carbocycles. The number of ether oxygens (including phenoxy) is 2. The lowest BCUT2D eigenvalue weighted by molar-refractivity contribution is 0.108. The Balaban J connectivity index is 0. The van der Waals surface area contributed by atoms with E-state index in [0.29, 0.717) is 26.2 Å². The molecule has 8 nitrogen and oxygen atoms in total. The summed E-state index contributed by atoms with van der Waals surface area (Å²) in [5.41, 5.74) is 1.05. The fourth-order valence-corrected chi connectivity index (χ4v) is 2.62. The van der Waals surface area contributed by atoms with E-state index in [-0.39, 0.29) is 38.0 Å². The molecular weight excluding hydrogens is 455 g/mol. The molecule has 0 aliphatic heterocycles. The third-order valence-electron chi connectivity index (χ3n) is 4.41. The van der Waals surface area contributed by atoms with Gasteiger partial charge in [0.25, 0.3) is 0 Å². The Labute approximate surface area is 205 Å². The molecule has 1 rings (SSSR count). The third-order valence-corrected chi connectivity index (χ3v) is 4.41. The molecule has 0 radical (unpaired) electrons. The Bertz CT molecular complexity index is 554. The standard InChI is InChI=1S/C22H38N4O4.2ClH/c1-3-5-12-24-21(27)29-18-16-26(15-14-23-20-10-8-7-9-11-20)17-19-30-22(28)25-13-6-4-2;;/h7-11,23H,3-6,12-19H2,1-2H3,(H,24,27)(H,25,28);2*1H. The van der Waals surface area contributed by atoms with Crippen molar-refractivity contribution in [3.63, 3.8) is 0 Å². The number of halogens is 2. The van der Waals surface area contributed by atoms with Crippen LogP contribution in [0.2, 0.25) is 0 Å². The first-order chi connectivity index (χ1) is 14.7. The van der Waals surface area contributed by atoms with Gasteiger partial charge in [0, 0.05) is 45.0 Å². The van der Waals surface area contributed by atoms with E-state index >= 15 is 0 Å². The lowest BCUT2D eigenvalue weighted by Gasteiger charge is -2.22. The predicted molar refractivity (Wildman–Crippen MR) is 134 cm³/mol. The summed E-state index contributed by atoms with van der Waals surface area (Å²) in [4.78, 5) is 25.5. The number of carbonyl (C=O) groups is 2. The SMILES string of the molecule is CCCCNC(=O)OCCN(CCNc1ccccc1)CCOC(=O)NCCCC.Cl.Cl. The maximum atomic E-state index is 11.7. The average Bonchev–Trinajstić information content (AvgIpc) is 2.74. The highest BCUT2D eigenvalue weighted by atomic mass is 35.5. The van der Waals surface area contributed by atoms with E-state index in [1.807, 2.05) is 30.3 Å². The second-order valence-corrected chi connectivity index (χ2v) is 6.97. The Morgan fingerprint density at radius 1 is 0.781 bits per heavy atom. The minimum atomic E-state index is -0.391. The summed E-state index contributed by atoms with van der Waals surface area (Å²) in [5, 5.41) is 8.83. The number of nitrogens with zero attached hydrogens (tertiary/aromatic N) is 1. The molecule has 2 amide bonds. The molecule has 0 fully saturated rings. The molecule has 1 aromatic rings. The first-order valence-electron chi connectivity index (χ1n) is 11.0. The monoisotopic (exact) mass is 494 g/mol. The van der Waals surface area contributed by atoms with Crippen LogP contribution in [0.5, 0.6) is 0 Å². The van der Waals surface area contributed by atoms with Crippen molar-refractivity contribution < 1.29 is 19.1 Å². The van der Waals surface area contributed by atoms with E-state index in [2.05, 4.69) is 34.7 Å². The molecule has 1 aromatic carbocycles. The van der Waals surface area contributed by atoms with Gasteiger partial charge in [0.2, 0.25) is 0 Å². The maximum Gasteiger partial charge on any atom is 0.407 e. The van der Waals surface area contributed by atoms with Crippen molar-refractivity contribution >= 4 is 42.7 Å². The van der Waals surface area contributed by atoms with Gasteiger partial charge in [0.1, 0.15) is 13.2 Å². The Hall–Kier alpha value is -1.90. The molecule has 186 valence electrons. The zero-order valence-corrected chi connectivity index (χ0v) is 20.9. The third kappa shape index (κ3) is 17.7.